The van der Waals surface area contributed by atoms with E-state index in [4.69, 9.17) is 4.74 Å². The summed E-state index contributed by atoms with van der Waals surface area (Å²) >= 11 is 0. The molecule has 5 nitrogen and oxygen atoms in total. The van der Waals surface area contributed by atoms with Crippen LogP contribution < -0.4 is 9.64 Å². The Bertz CT molecular complexity index is 719. The molecule has 1 aliphatic rings. The van der Waals surface area contributed by atoms with E-state index in [0.717, 1.165) is 41.5 Å². The predicted octanol–water partition coefficient (Wildman–Crippen LogP) is 2.80. The second-order valence-electron chi connectivity index (χ2n) is 5.10. The fourth-order valence-corrected chi connectivity index (χ4v) is 2.69. The molecular formula is C16H16N4O. The zero-order valence-corrected chi connectivity index (χ0v) is 11.5. The van der Waals surface area contributed by atoms with E-state index < -0.39 is 0 Å². The molecule has 1 aliphatic heterocycles. The second kappa shape index (κ2) is 5.01. The quantitative estimate of drug-likeness (QED) is 0.775. The van der Waals surface area contributed by atoms with Crippen molar-refractivity contribution in [2.45, 2.75) is 6.54 Å². The number of rotatable bonds is 3. The van der Waals surface area contributed by atoms with Crippen molar-refractivity contribution in [2.75, 3.05) is 18.1 Å². The van der Waals surface area contributed by atoms with Crippen LogP contribution in [0.4, 0.5) is 5.69 Å². The first kappa shape index (κ1) is 12.1. The highest BCUT2D eigenvalue weighted by atomic mass is 16.5. The Hall–Kier alpha value is -2.69. The summed E-state index contributed by atoms with van der Waals surface area (Å²) < 4.78 is 5.77. The lowest BCUT2D eigenvalue weighted by Crippen LogP contribution is -2.32. The highest BCUT2D eigenvalue weighted by molar-refractivity contribution is 5.71. The smallest absolute Gasteiger partial charge is 0.142 e. The Morgan fingerprint density at radius 3 is 3.10 bits per heavy atom. The van der Waals surface area contributed by atoms with Crippen molar-refractivity contribution in [3.8, 4) is 17.0 Å². The van der Waals surface area contributed by atoms with Crippen LogP contribution in [-0.4, -0.2) is 28.1 Å². The van der Waals surface area contributed by atoms with Gasteiger partial charge >= 0.3 is 0 Å². The average Bonchev–Trinajstić information content (AvgIpc) is 3.21. The number of hydrogen-bond donors (Lipinski definition) is 2. The number of fused-ring (bicyclic) bond motifs is 1. The first-order chi connectivity index (χ1) is 10.4. The van der Waals surface area contributed by atoms with Gasteiger partial charge < -0.3 is 19.6 Å². The van der Waals surface area contributed by atoms with E-state index in [2.05, 4.69) is 38.1 Å². The number of nitrogens with one attached hydrogen (secondary N) is 2. The molecule has 4 rings (SSSR count). The molecule has 0 radical (unpaired) electrons. The molecule has 0 spiro atoms. The van der Waals surface area contributed by atoms with Gasteiger partial charge in [-0.1, -0.05) is 0 Å². The fraction of sp³-hybridized carbons (Fsp3) is 0.188. The summed E-state index contributed by atoms with van der Waals surface area (Å²) in [5.41, 5.74) is 4.43. The molecule has 3 aromatic rings. The van der Waals surface area contributed by atoms with Gasteiger partial charge in [-0.15, -0.1) is 0 Å². The lowest BCUT2D eigenvalue weighted by molar-refractivity contribution is 0.307. The third-order valence-electron chi connectivity index (χ3n) is 3.74. The van der Waals surface area contributed by atoms with Crippen molar-refractivity contribution in [3.63, 3.8) is 0 Å². The van der Waals surface area contributed by atoms with Crippen molar-refractivity contribution in [1.82, 2.24) is 15.0 Å². The van der Waals surface area contributed by atoms with E-state index in [1.165, 1.54) is 0 Å². The van der Waals surface area contributed by atoms with E-state index in [1.54, 1.807) is 6.33 Å². The minimum atomic E-state index is 0.708. The Morgan fingerprint density at radius 1 is 1.29 bits per heavy atom. The number of ether oxygens (including phenoxy) is 1. The number of aromatic nitrogens is 3. The van der Waals surface area contributed by atoms with E-state index in [9.17, 15) is 0 Å². The van der Waals surface area contributed by atoms with Gasteiger partial charge in [-0.25, -0.2) is 4.98 Å². The van der Waals surface area contributed by atoms with Crippen molar-refractivity contribution in [2.24, 2.45) is 0 Å². The molecule has 0 unspecified atom stereocenters. The number of hydrogen-bond acceptors (Lipinski definition) is 3. The van der Waals surface area contributed by atoms with Crippen LogP contribution in [0.25, 0.3) is 11.3 Å². The highest BCUT2D eigenvalue weighted by Crippen LogP contribution is 2.35. The van der Waals surface area contributed by atoms with E-state index in [1.807, 2.05) is 24.5 Å². The van der Waals surface area contributed by atoms with E-state index in [0.29, 0.717) is 6.61 Å². The molecule has 0 fully saturated rings. The van der Waals surface area contributed by atoms with E-state index >= 15 is 0 Å². The van der Waals surface area contributed by atoms with Gasteiger partial charge in [-0.05, 0) is 30.3 Å². The third kappa shape index (κ3) is 2.27. The summed E-state index contributed by atoms with van der Waals surface area (Å²) in [4.78, 5) is 12.9. The molecule has 2 aromatic heterocycles. The van der Waals surface area contributed by atoms with Crippen LogP contribution in [0.15, 0.2) is 49.1 Å². The minimum Gasteiger partial charge on any atom is -0.490 e. The molecule has 5 heteroatoms. The molecular weight excluding hydrogens is 264 g/mol. The van der Waals surface area contributed by atoms with Gasteiger partial charge in [-0.3, -0.25) is 0 Å². The first-order valence-electron chi connectivity index (χ1n) is 7.03. The van der Waals surface area contributed by atoms with Crippen LogP contribution in [0.3, 0.4) is 0 Å². The van der Waals surface area contributed by atoms with Gasteiger partial charge in [0.25, 0.3) is 0 Å². The molecule has 21 heavy (non-hydrogen) atoms. The van der Waals surface area contributed by atoms with Gasteiger partial charge in [0.05, 0.1) is 30.8 Å². The van der Waals surface area contributed by atoms with Gasteiger partial charge in [0.15, 0.2) is 0 Å². The first-order valence-corrected chi connectivity index (χ1v) is 7.03. The normalized spacial score (nSPS) is 13.8. The van der Waals surface area contributed by atoms with Crippen LogP contribution in [0.5, 0.6) is 5.75 Å². The Morgan fingerprint density at radius 2 is 2.29 bits per heavy atom. The number of aromatic amines is 2. The van der Waals surface area contributed by atoms with Crippen LogP contribution in [0, 0.1) is 0 Å². The SMILES string of the molecule is c1c[nH]c(-c2ccc3c(c2)N(Cc2c[nH]cn2)CCO3)c1. The number of nitrogens with zero attached hydrogens (tertiary/aromatic N) is 2. The van der Waals surface area contributed by atoms with Gasteiger partial charge in [0.1, 0.15) is 12.4 Å². The van der Waals surface area contributed by atoms with Gasteiger partial charge in [-0.2, -0.15) is 0 Å². The summed E-state index contributed by atoms with van der Waals surface area (Å²) in [6.45, 7) is 2.36. The summed E-state index contributed by atoms with van der Waals surface area (Å²) in [6, 6.07) is 10.4. The molecule has 0 saturated carbocycles. The van der Waals surface area contributed by atoms with Crippen molar-refractivity contribution in [1.29, 1.82) is 0 Å². The lowest BCUT2D eigenvalue weighted by Gasteiger charge is -2.31. The number of benzene rings is 1. The zero-order valence-electron chi connectivity index (χ0n) is 11.5. The Balaban J connectivity index is 1.70. The van der Waals surface area contributed by atoms with Crippen molar-refractivity contribution in [3.05, 3.63) is 54.7 Å². The molecule has 0 amide bonds. The van der Waals surface area contributed by atoms with Gasteiger partial charge in [0, 0.05) is 23.7 Å². The molecule has 0 saturated heterocycles. The van der Waals surface area contributed by atoms with Crippen LogP contribution >= 0.6 is 0 Å². The molecule has 1 aromatic carbocycles. The molecule has 0 aliphatic carbocycles. The molecule has 0 bridgehead atoms. The summed E-state index contributed by atoms with van der Waals surface area (Å²) in [5, 5.41) is 0. The van der Waals surface area contributed by atoms with Crippen LogP contribution in [0.2, 0.25) is 0 Å². The minimum absolute atomic E-state index is 0.708. The molecule has 3 heterocycles. The van der Waals surface area contributed by atoms with Crippen LogP contribution in [-0.2, 0) is 6.54 Å². The lowest BCUT2D eigenvalue weighted by atomic mass is 10.1. The maximum absolute atomic E-state index is 5.77. The number of imidazole rings is 1. The van der Waals surface area contributed by atoms with Gasteiger partial charge in [0.2, 0.25) is 0 Å². The maximum atomic E-state index is 5.77. The zero-order chi connectivity index (χ0) is 14.1. The van der Waals surface area contributed by atoms with E-state index in [-0.39, 0.29) is 0 Å². The summed E-state index contributed by atoms with van der Waals surface area (Å²) in [7, 11) is 0. The number of anilines is 1. The fourth-order valence-electron chi connectivity index (χ4n) is 2.69. The number of H-pyrrole nitrogens is 2. The molecule has 0 atom stereocenters. The Labute approximate surface area is 122 Å². The van der Waals surface area contributed by atoms with Crippen molar-refractivity contribution >= 4 is 5.69 Å². The van der Waals surface area contributed by atoms with Crippen molar-refractivity contribution < 1.29 is 4.74 Å². The average molecular weight is 280 g/mol. The molecule has 106 valence electrons. The topological polar surface area (TPSA) is 56.9 Å². The Kier molecular flexibility index (Phi) is 2.88. The summed E-state index contributed by atoms with van der Waals surface area (Å²) in [5.74, 6) is 0.937. The maximum Gasteiger partial charge on any atom is 0.142 e. The monoisotopic (exact) mass is 280 g/mol. The largest absolute Gasteiger partial charge is 0.490 e. The third-order valence-corrected chi connectivity index (χ3v) is 3.74. The standard InChI is InChI=1S/C16H16N4O/c1-2-14(18-5-1)12-3-4-16-15(8-12)20(6-7-21-16)10-13-9-17-11-19-13/h1-5,8-9,11,18H,6-7,10H2,(H,17,19). The molecule has 2 N–H and O–H groups in total. The highest BCUT2D eigenvalue weighted by Gasteiger charge is 2.19. The second-order valence-corrected chi connectivity index (χ2v) is 5.10. The predicted molar refractivity (Wildman–Crippen MR) is 81.4 cm³/mol. The van der Waals surface area contributed by atoms with Crippen LogP contribution in [0.1, 0.15) is 5.69 Å². The summed E-state index contributed by atoms with van der Waals surface area (Å²) in [6.07, 6.45) is 5.59.